The van der Waals surface area contributed by atoms with Gasteiger partial charge >= 0.3 is 11.9 Å². The maximum absolute atomic E-state index is 13.5. The third-order valence-electron chi connectivity index (χ3n) is 2.49. The van der Waals surface area contributed by atoms with Crippen LogP contribution in [0.5, 0.6) is 5.88 Å². The van der Waals surface area contributed by atoms with E-state index in [9.17, 15) is 13.6 Å². The SMILES string of the molecule is COc1nc2ccccc2cc1C(F)(F)C(=O)O. The number of carbonyl (C=O) groups is 1. The van der Waals surface area contributed by atoms with Gasteiger partial charge in [-0.1, -0.05) is 18.2 Å². The normalized spacial score (nSPS) is 11.5. The highest BCUT2D eigenvalue weighted by Gasteiger charge is 2.44. The van der Waals surface area contributed by atoms with Crippen LogP contribution in [0.4, 0.5) is 8.78 Å². The Hall–Kier alpha value is -2.24. The summed E-state index contributed by atoms with van der Waals surface area (Å²) in [6.07, 6.45) is 0. The van der Waals surface area contributed by atoms with Crippen LogP contribution < -0.4 is 4.74 Å². The van der Waals surface area contributed by atoms with Gasteiger partial charge in [-0.3, -0.25) is 0 Å². The summed E-state index contributed by atoms with van der Waals surface area (Å²) in [5.74, 6) is -6.67. The number of para-hydroxylation sites is 1. The molecule has 0 saturated carbocycles. The number of aliphatic carboxylic acids is 1. The molecule has 1 N–H and O–H groups in total. The molecule has 4 nitrogen and oxygen atoms in total. The Morgan fingerprint density at radius 2 is 2.06 bits per heavy atom. The number of aromatic nitrogens is 1. The number of methoxy groups -OCH3 is 1. The van der Waals surface area contributed by atoms with Gasteiger partial charge in [-0.25, -0.2) is 9.78 Å². The zero-order chi connectivity index (χ0) is 13.3. The number of hydrogen-bond acceptors (Lipinski definition) is 3. The molecule has 18 heavy (non-hydrogen) atoms. The molecule has 1 aromatic carbocycles. The van der Waals surface area contributed by atoms with Crippen molar-refractivity contribution in [3.8, 4) is 5.88 Å². The van der Waals surface area contributed by atoms with Crippen LogP contribution in [0.3, 0.4) is 0 Å². The molecule has 0 radical (unpaired) electrons. The Morgan fingerprint density at radius 1 is 1.39 bits per heavy atom. The Labute approximate surface area is 101 Å². The fourth-order valence-electron chi connectivity index (χ4n) is 1.59. The van der Waals surface area contributed by atoms with Crippen LogP contribution in [-0.4, -0.2) is 23.2 Å². The highest BCUT2D eigenvalue weighted by molar-refractivity contribution is 5.84. The van der Waals surface area contributed by atoms with Crippen molar-refractivity contribution in [1.82, 2.24) is 4.98 Å². The largest absolute Gasteiger partial charge is 0.481 e. The number of rotatable bonds is 3. The van der Waals surface area contributed by atoms with E-state index >= 15 is 0 Å². The summed E-state index contributed by atoms with van der Waals surface area (Å²) in [4.78, 5) is 14.5. The third-order valence-corrected chi connectivity index (χ3v) is 2.49. The van der Waals surface area contributed by atoms with Crippen LogP contribution in [0.2, 0.25) is 0 Å². The van der Waals surface area contributed by atoms with Crippen LogP contribution >= 0.6 is 0 Å². The van der Waals surface area contributed by atoms with E-state index in [1.165, 1.54) is 7.11 Å². The topological polar surface area (TPSA) is 59.4 Å². The van der Waals surface area contributed by atoms with Crippen LogP contribution in [0, 0.1) is 0 Å². The van der Waals surface area contributed by atoms with E-state index in [0.717, 1.165) is 6.07 Å². The van der Waals surface area contributed by atoms with Crippen molar-refractivity contribution >= 4 is 16.9 Å². The molecular weight excluding hydrogens is 244 g/mol. The number of ether oxygens (including phenoxy) is 1. The van der Waals surface area contributed by atoms with Gasteiger partial charge in [0.2, 0.25) is 5.88 Å². The van der Waals surface area contributed by atoms with Crippen LogP contribution in [0.1, 0.15) is 5.56 Å². The van der Waals surface area contributed by atoms with Gasteiger partial charge in [0.25, 0.3) is 0 Å². The molecule has 0 fully saturated rings. The minimum Gasteiger partial charge on any atom is -0.481 e. The second-order valence-electron chi connectivity index (χ2n) is 3.62. The van der Waals surface area contributed by atoms with Gasteiger partial charge in [-0.2, -0.15) is 8.78 Å². The van der Waals surface area contributed by atoms with Gasteiger partial charge in [-0.15, -0.1) is 0 Å². The highest BCUT2D eigenvalue weighted by atomic mass is 19.3. The summed E-state index contributed by atoms with van der Waals surface area (Å²) in [5, 5.41) is 8.98. The molecule has 6 heteroatoms. The van der Waals surface area contributed by atoms with Crippen molar-refractivity contribution in [2.75, 3.05) is 7.11 Å². The maximum Gasteiger partial charge on any atom is 0.379 e. The molecule has 0 atom stereocenters. The Kier molecular flexibility index (Phi) is 2.86. The van der Waals surface area contributed by atoms with Gasteiger partial charge in [0.1, 0.15) is 0 Å². The fraction of sp³-hybridized carbons (Fsp3) is 0.167. The van der Waals surface area contributed by atoms with E-state index in [2.05, 4.69) is 4.98 Å². The lowest BCUT2D eigenvalue weighted by molar-refractivity contribution is -0.166. The van der Waals surface area contributed by atoms with Crippen molar-refractivity contribution in [3.63, 3.8) is 0 Å². The van der Waals surface area contributed by atoms with Crippen LogP contribution in [0.25, 0.3) is 10.9 Å². The number of fused-ring (bicyclic) bond motifs is 1. The van der Waals surface area contributed by atoms with Crippen molar-refractivity contribution in [2.45, 2.75) is 5.92 Å². The zero-order valence-corrected chi connectivity index (χ0v) is 9.35. The van der Waals surface area contributed by atoms with Crippen molar-refractivity contribution in [3.05, 3.63) is 35.9 Å². The standard InChI is InChI=1S/C12H9F2NO3/c1-18-10-8(12(13,14)11(16)17)6-7-4-2-3-5-9(7)15-10/h2-6H,1H3,(H,16,17). The van der Waals surface area contributed by atoms with Gasteiger partial charge in [0.15, 0.2) is 0 Å². The first kappa shape index (κ1) is 12.2. The molecular formula is C12H9F2NO3. The second kappa shape index (κ2) is 4.21. The smallest absolute Gasteiger partial charge is 0.379 e. The van der Waals surface area contributed by atoms with Crippen molar-refractivity contribution in [1.29, 1.82) is 0 Å². The molecule has 0 unspecified atom stereocenters. The molecule has 0 aliphatic rings. The number of carboxylic acid groups (broad SMARTS) is 1. The predicted molar refractivity (Wildman–Crippen MR) is 59.8 cm³/mol. The minimum absolute atomic E-state index is 0.388. The van der Waals surface area contributed by atoms with E-state index in [1.807, 2.05) is 0 Å². The second-order valence-corrected chi connectivity index (χ2v) is 3.62. The van der Waals surface area contributed by atoms with Crippen molar-refractivity contribution in [2.24, 2.45) is 0 Å². The molecule has 0 aliphatic heterocycles. The van der Waals surface area contributed by atoms with E-state index in [-0.39, 0.29) is 5.88 Å². The first-order chi connectivity index (χ1) is 8.46. The molecule has 0 aliphatic carbocycles. The monoisotopic (exact) mass is 253 g/mol. The van der Waals surface area contributed by atoms with Gasteiger partial charge in [0.05, 0.1) is 18.2 Å². The molecule has 0 bridgehead atoms. The number of alkyl halides is 2. The van der Waals surface area contributed by atoms with Gasteiger partial charge in [-0.05, 0) is 12.1 Å². The molecule has 2 rings (SSSR count). The van der Waals surface area contributed by atoms with Crippen LogP contribution in [0.15, 0.2) is 30.3 Å². The summed E-state index contributed by atoms with van der Waals surface area (Å²) in [6.45, 7) is 0. The predicted octanol–water partition coefficient (Wildman–Crippen LogP) is 2.42. The van der Waals surface area contributed by atoms with Crippen molar-refractivity contribution < 1.29 is 23.4 Å². The number of nitrogens with zero attached hydrogens (tertiary/aromatic N) is 1. The highest BCUT2D eigenvalue weighted by Crippen LogP contribution is 2.36. The van der Waals surface area contributed by atoms with Gasteiger partial charge < -0.3 is 9.84 Å². The Balaban J connectivity index is 2.73. The lowest BCUT2D eigenvalue weighted by Gasteiger charge is -2.15. The maximum atomic E-state index is 13.5. The molecule has 0 spiro atoms. The van der Waals surface area contributed by atoms with E-state index < -0.39 is 17.5 Å². The van der Waals surface area contributed by atoms with Crippen LogP contribution in [-0.2, 0) is 10.7 Å². The molecule has 94 valence electrons. The number of halogens is 2. The molecule has 1 heterocycles. The number of benzene rings is 1. The summed E-state index contributed by atoms with van der Waals surface area (Å²) >= 11 is 0. The molecule has 0 amide bonds. The summed E-state index contributed by atoms with van der Waals surface area (Å²) in [6, 6.07) is 7.63. The summed E-state index contributed by atoms with van der Waals surface area (Å²) in [7, 11) is 1.17. The van der Waals surface area contributed by atoms with Gasteiger partial charge in [0, 0.05) is 5.39 Å². The lowest BCUT2D eigenvalue weighted by atomic mass is 10.1. The third kappa shape index (κ3) is 1.85. The molecule has 2 aromatic rings. The first-order valence-corrected chi connectivity index (χ1v) is 5.02. The number of pyridine rings is 1. The Morgan fingerprint density at radius 3 is 2.67 bits per heavy atom. The zero-order valence-electron chi connectivity index (χ0n) is 9.35. The quantitative estimate of drug-likeness (QED) is 0.912. The summed E-state index contributed by atoms with van der Waals surface area (Å²) < 4.78 is 31.8. The summed E-state index contributed by atoms with van der Waals surface area (Å²) in [5.41, 5.74) is -0.296. The van der Waals surface area contributed by atoms with E-state index in [1.54, 1.807) is 24.3 Å². The Bertz CT molecular complexity index is 613. The van der Waals surface area contributed by atoms with E-state index in [0.29, 0.717) is 10.9 Å². The minimum atomic E-state index is -4.04. The lowest BCUT2D eigenvalue weighted by Crippen LogP contribution is -2.26. The molecule has 0 saturated heterocycles. The molecule has 1 aromatic heterocycles. The van der Waals surface area contributed by atoms with E-state index in [4.69, 9.17) is 9.84 Å². The number of hydrogen-bond donors (Lipinski definition) is 1. The first-order valence-electron chi connectivity index (χ1n) is 5.02. The number of carboxylic acids is 1. The fourth-order valence-corrected chi connectivity index (χ4v) is 1.59. The average Bonchev–Trinajstić information content (AvgIpc) is 2.36. The average molecular weight is 253 g/mol.